The van der Waals surface area contributed by atoms with Crippen molar-refractivity contribution in [3.63, 3.8) is 0 Å². The summed E-state index contributed by atoms with van der Waals surface area (Å²) in [5, 5.41) is 0. The van der Waals surface area contributed by atoms with Gasteiger partial charge in [0.1, 0.15) is 12.5 Å². The molecule has 2 nitrogen and oxygen atoms in total. The molecule has 2 heteroatoms. The topological polar surface area (TPSA) is 12.5 Å². The summed E-state index contributed by atoms with van der Waals surface area (Å²) >= 11 is 0. The van der Waals surface area contributed by atoms with Crippen LogP contribution in [-0.4, -0.2) is 18.7 Å². The van der Waals surface area contributed by atoms with Crippen molar-refractivity contribution < 1.29 is 4.74 Å². The maximum Gasteiger partial charge on any atom is 0.142 e. The molecule has 2 rings (SSSR count). The quantitative estimate of drug-likeness (QED) is 0.601. The van der Waals surface area contributed by atoms with E-state index in [1.807, 2.05) is 0 Å². The molecule has 1 aromatic rings. The zero-order valence-corrected chi connectivity index (χ0v) is 8.42. The zero-order valence-electron chi connectivity index (χ0n) is 8.42. The second-order valence-corrected chi connectivity index (χ2v) is 3.83. The van der Waals surface area contributed by atoms with Crippen LogP contribution in [0.25, 0.3) is 0 Å². The second kappa shape index (κ2) is 3.04. The third-order valence-electron chi connectivity index (χ3n) is 2.56. The summed E-state index contributed by atoms with van der Waals surface area (Å²) in [5.41, 5.74) is 3.96. The SMILES string of the molecule is Cc1cc2c(cc1C)OCN(C)C2. The van der Waals surface area contributed by atoms with Gasteiger partial charge in [-0.05, 0) is 38.1 Å². The van der Waals surface area contributed by atoms with Crippen LogP contribution in [0.4, 0.5) is 0 Å². The van der Waals surface area contributed by atoms with Crippen LogP contribution in [0.2, 0.25) is 0 Å². The maximum atomic E-state index is 5.60. The fourth-order valence-electron chi connectivity index (χ4n) is 1.62. The highest BCUT2D eigenvalue weighted by atomic mass is 16.5. The van der Waals surface area contributed by atoms with Crippen LogP contribution in [0.15, 0.2) is 12.1 Å². The van der Waals surface area contributed by atoms with Gasteiger partial charge in [-0.3, -0.25) is 4.90 Å². The van der Waals surface area contributed by atoms with Gasteiger partial charge < -0.3 is 4.74 Å². The first-order chi connectivity index (χ1) is 6.16. The van der Waals surface area contributed by atoms with Crippen LogP contribution < -0.4 is 4.74 Å². The van der Waals surface area contributed by atoms with Crippen molar-refractivity contribution in [2.75, 3.05) is 13.8 Å². The zero-order chi connectivity index (χ0) is 9.42. The maximum absolute atomic E-state index is 5.60. The Labute approximate surface area is 79.1 Å². The van der Waals surface area contributed by atoms with Crippen LogP contribution in [-0.2, 0) is 6.54 Å². The Balaban J connectivity index is 2.43. The summed E-state index contributed by atoms with van der Waals surface area (Å²) in [6.07, 6.45) is 0. The van der Waals surface area contributed by atoms with Crippen molar-refractivity contribution in [2.24, 2.45) is 0 Å². The van der Waals surface area contributed by atoms with Gasteiger partial charge in [-0.25, -0.2) is 0 Å². The molecule has 0 saturated heterocycles. The van der Waals surface area contributed by atoms with Crippen LogP contribution in [0.1, 0.15) is 16.7 Å². The highest BCUT2D eigenvalue weighted by Gasteiger charge is 2.14. The number of rotatable bonds is 0. The van der Waals surface area contributed by atoms with Crippen molar-refractivity contribution in [3.8, 4) is 5.75 Å². The number of fused-ring (bicyclic) bond motifs is 1. The molecule has 70 valence electrons. The molecule has 0 atom stereocenters. The number of nitrogens with zero attached hydrogens (tertiary/aromatic N) is 1. The van der Waals surface area contributed by atoms with E-state index in [1.54, 1.807) is 0 Å². The summed E-state index contributed by atoms with van der Waals surface area (Å²) in [5.74, 6) is 1.06. The van der Waals surface area contributed by atoms with Crippen molar-refractivity contribution in [2.45, 2.75) is 20.4 Å². The van der Waals surface area contributed by atoms with Crippen molar-refractivity contribution in [3.05, 3.63) is 28.8 Å². The molecular weight excluding hydrogens is 162 g/mol. The highest BCUT2D eigenvalue weighted by molar-refractivity contribution is 5.42. The number of hydrogen-bond acceptors (Lipinski definition) is 2. The van der Waals surface area contributed by atoms with E-state index in [4.69, 9.17) is 4.74 Å². The van der Waals surface area contributed by atoms with E-state index < -0.39 is 0 Å². The molecule has 1 aliphatic rings. The van der Waals surface area contributed by atoms with Gasteiger partial charge in [0.2, 0.25) is 0 Å². The van der Waals surface area contributed by atoms with Crippen molar-refractivity contribution >= 4 is 0 Å². The Hall–Kier alpha value is -1.02. The number of hydrogen-bond donors (Lipinski definition) is 0. The molecule has 0 bridgehead atoms. The Morgan fingerprint density at radius 2 is 1.92 bits per heavy atom. The van der Waals surface area contributed by atoms with E-state index in [-0.39, 0.29) is 0 Å². The summed E-state index contributed by atoms with van der Waals surface area (Å²) in [6, 6.07) is 4.36. The van der Waals surface area contributed by atoms with Gasteiger partial charge in [-0.2, -0.15) is 0 Å². The summed E-state index contributed by atoms with van der Waals surface area (Å²) < 4.78 is 5.60. The highest BCUT2D eigenvalue weighted by Crippen LogP contribution is 2.27. The van der Waals surface area contributed by atoms with Gasteiger partial charge in [-0.1, -0.05) is 6.07 Å². The fourth-order valence-corrected chi connectivity index (χ4v) is 1.62. The van der Waals surface area contributed by atoms with E-state index in [0.717, 1.165) is 12.3 Å². The Kier molecular flexibility index (Phi) is 2.00. The molecule has 0 spiro atoms. The van der Waals surface area contributed by atoms with Crippen LogP contribution in [0.3, 0.4) is 0 Å². The van der Waals surface area contributed by atoms with Crippen LogP contribution in [0, 0.1) is 13.8 Å². The van der Waals surface area contributed by atoms with Crippen LogP contribution in [0.5, 0.6) is 5.75 Å². The third-order valence-corrected chi connectivity index (χ3v) is 2.56. The monoisotopic (exact) mass is 177 g/mol. The molecule has 0 unspecified atom stereocenters. The molecule has 1 heterocycles. The molecule has 1 aliphatic heterocycles. The fraction of sp³-hybridized carbons (Fsp3) is 0.455. The summed E-state index contributed by atoms with van der Waals surface area (Å²) in [7, 11) is 2.07. The average Bonchev–Trinajstić information content (AvgIpc) is 2.08. The van der Waals surface area contributed by atoms with Crippen molar-refractivity contribution in [1.82, 2.24) is 4.90 Å². The second-order valence-electron chi connectivity index (χ2n) is 3.83. The lowest BCUT2D eigenvalue weighted by Crippen LogP contribution is -2.28. The molecule has 0 fully saturated rings. The average molecular weight is 177 g/mol. The van der Waals surface area contributed by atoms with Gasteiger partial charge in [0.25, 0.3) is 0 Å². The van der Waals surface area contributed by atoms with Gasteiger partial charge in [-0.15, -0.1) is 0 Å². The van der Waals surface area contributed by atoms with Gasteiger partial charge in [0.05, 0.1) is 0 Å². The molecular formula is C11H15NO. The number of ether oxygens (including phenoxy) is 1. The molecule has 0 N–H and O–H groups in total. The minimum atomic E-state index is 0.704. The van der Waals surface area contributed by atoms with E-state index in [1.165, 1.54) is 16.7 Å². The molecule has 0 saturated carbocycles. The third kappa shape index (κ3) is 1.54. The summed E-state index contributed by atoms with van der Waals surface area (Å²) in [6.45, 7) is 5.97. The van der Waals surface area contributed by atoms with Gasteiger partial charge in [0, 0.05) is 12.1 Å². The number of benzene rings is 1. The first-order valence-corrected chi connectivity index (χ1v) is 4.58. The standard InChI is InChI=1S/C11H15NO/c1-8-4-10-6-12(3)7-13-11(10)5-9(8)2/h4-5H,6-7H2,1-3H3. The summed E-state index contributed by atoms with van der Waals surface area (Å²) in [4.78, 5) is 2.16. The van der Waals surface area contributed by atoms with E-state index in [9.17, 15) is 0 Å². The Morgan fingerprint density at radius 1 is 1.23 bits per heavy atom. The lowest BCUT2D eigenvalue weighted by Gasteiger charge is -2.26. The minimum absolute atomic E-state index is 0.704. The van der Waals surface area contributed by atoms with Gasteiger partial charge >= 0.3 is 0 Å². The molecule has 13 heavy (non-hydrogen) atoms. The first-order valence-electron chi connectivity index (χ1n) is 4.58. The van der Waals surface area contributed by atoms with E-state index in [2.05, 4.69) is 37.9 Å². The minimum Gasteiger partial charge on any atom is -0.478 e. The molecule has 0 radical (unpaired) electrons. The normalized spacial score (nSPS) is 16.5. The predicted molar refractivity (Wildman–Crippen MR) is 52.9 cm³/mol. The molecule has 0 aliphatic carbocycles. The lowest BCUT2D eigenvalue weighted by atomic mass is 10.0. The number of aryl methyl sites for hydroxylation is 2. The largest absolute Gasteiger partial charge is 0.478 e. The van der Waals surface area contributed by atoms with E-state index >= 15 is 0 Å². The Bertz CT molecular complexity index is 333. The van der Waals surface area contributed by atoms with Crippen LogP contribution >= 0.6 is 0 Å². The molecule has 1 aromatic carbocycles. The lowest BCUT2D eigenvalue weighted by molar-refractivity contribution is 0.121. The molecule has 0 amide bonds. The Morgan fingerprint density at radius 3 is 2.69 bits per heavy atom. The van der Waals surface area contributed by atoms with Gasteiger partial charge in [0.15, 0.2) is 0 Å². The first kappa shape index (κ1) is 8.57. The van der Waals surface area contributed by atoms with Crippen molar-refractivity contribution in [1.29, 1.82) is 0 Å². The predicted octanol–water partition coefficient (Wildman–Crippen LogP) is 2.09. The molecule has 0 aromatic heterocycles. The smallest absolute Gasteiger partial charge is 0.142 e. The van der Waals surface area contributed by atoms with E-state index in [0.29, 0.717) is 6.73 Å².